The maximum atomic E-state index is 12.4. The normalized spacial score (nSPS) is 10.6. The fourth-order valence-electron chi connectivity index (χ4n) is 2.71. The second kappa shape index (κ2) is 8.46. The number of ether oxygens (including phenoxy) is 1. The van der Waals surface area contributed by atoms with E-state index in [1.165, 1.54) is 18.9 Å². The number of thioether (sulfide) groups is 1. The minimum absolute atomic E-state index is 0.158. The van der Waals surface area contributed by atoms with Crippen LogP contribution in [0, 0.1) is 6.92 Å². The predicted octanol–water partition coefficient (Wildman–Crippen LogP) is 5.32. The van der Waals surface area contributed by atoms with E-state index in [-0.39, 0.29) is 11.7 Å². The van der Waals surface area contributed by atoms with Gasteiger partial charge < -0.3 is 10.1 Å². The highest BCUT2D eigenvalue weighted by atomic mass is 35.5. The molecule has 0 aliphatic rings. The zero-order valence-electron chi connectivity index (χ0n) is 14.9. The third-order valence-electron chi connectivity index (χ3n) is 4.11. The van der Waals surface area contributed by atoms with Gasteiger partial charge in [-0.25, -0.2) is 4.79 Å². The van der Waals surface area contributed by atoms with Crippen LogP contribution in [0.2, 0.25) is 5.02 Å². The minimum Gasteiger partial charge on any atom is -0.465 e. The topological polar surface area (TPSA) is 55.4 Å². The van der Waals surface area contributed by atoms with Crippen LogP contribution >= 0.6 is 23.4 Å². The molecule has 0 aliphatic heterocycles. The average molecular weight is 400 g/mol. The van der Waals surface area contributed by atoms with Crippen LogP contribution in [0.1, 0.15) is 15.9 Å². The van der Waals surface area contributed by atoms with Crippen molar-refractivity contribution in [1.82, 2.24) is 0 Å². The van der Waals surface area contributed by atoms with E-state index in [1.807, 2.05) is 43.3 Å². The van der Waals surface area contributed by atoms with Crippen molar-refractivity contribution in [3.63, 3.8) is 0 Å². The zero-order chi connectivity index (χ0) is 19.4. The van der Waals surface area contributed by atoms with E-state index in [4.69, 9.17) is 16.3 Å². The maximum Gasteiger partial charge on any atom is 0.337 e. The number of hydrogen-bond acceptors (Lipinski definition) is 4. The average Bonchev–Trinajstić information content (AvgIpc) is 2.67. The molecule has 0 aliphatic carbocycles. The number of halogens is 1. The Labute approximate surface area is 166 Å². The summed E-state index contributed by atoms with van der Waals surface area (Å²) in [7, 11) is 1.33. The van der Waals surface area contributed by atoms with Gasteiger partial charge in [0.25, 0.3) is 0 Å². The van der Waals surface area contributed by atoms with Crippen LogP contribution in [0.5, 0.6) is 0 Å². The van der Waals surface area contributed by atoms with Gasteiger partial charge in [0.15, 0.2) is 0 Å². The molecule has 0 atom stereocenters. The summed E-state index contributed by atoms with van der Waals surface area (Å²) in [5.41, 5.74) is 1.86. The van der Waals surface area contributed by atoms with Crippen LogP contribution in [0.25, 0.3) is 10.8 Å². The largest absolute Gasteiger partial charge is 0.465 e. The molecule has 0 radical (unpaired) electrons. The molecule has 27 heavy (non-hydrogen) atoms. The summed E-state index contributed by atoms with van der Waals surface area (Å²) < 4.78 is 4.73. The highest BCUT2D eigenvalue weighted by molar-refractivity contribution is 8.00. The number of esters is 1. The van der Waals surface area contributed by atoms with Gasteiger partial charge >= 0.3 is 5.97 Å². The molecule has 0 unspecified atom stereocenters. The van der Waals surface area contributed by atoms with Crippen LogP contribution in [0.3, 0.4) is 0 Å². The highest BCUT2D eigenvalue weighted by Crippen LogP contribution is 2.33. The molecule has 0 aromatic heterocycles. The second-order valence-corrected chi connectivity index (χ2v) is 7.38. The molecule has 4 nitrogen and oxygen atoms in total. The van der Waals surface area contributed by atoms with Gasteiger partial charge in [-0.15, -0.1) is 11.8 Å². The predicted molar refractivity (Wildman–Crippen MR) is 111 cm³/mol. The minimum atomic E-state index is -0.440. The van der Waals surface area contributed by atoms with Crippen LogP contribution < -0.4 is 5.32 Å². The number of hydrogen-bond donors (Lipinski definition) is 1. The van der Waals surface area contributed by atoms with Crippen molar-refractivity contribution >= 4 is 51.7 Å². The van der Waals surface area contributed by atoms with E-state index in [2.05, 4.69) is 5.32 Å². The third-order valence-corrected chi connectivity index (χ3v) is 5.48. The molecule has 0 saturated heterocycles. The lowest BCUT2D eigenvalue weighted by atomic mass is 10.1. The van der Waals surface area contributed by atoms with E-state index in [9.17, 15) is 9.59 Å². The lowest BCUT2D eigenvalue weighted by Crippen LogP contribution is -2.15. The van der Waals surface area contributed by atoms with Gasteiger partial charge in [0, 0.05) is 21.0 Å². The molecule has 3 aromatic rings. The molecular formula is C21H18ClNO3S. The van der Waals surface area contributed by atoms with E-state index in [1.54, 1.807) is 18.2 Å². The van der Waals surface area contributed by atoms with Gasteiger partial charge in [0.2, 0.25) is 5.91 Å². The van der Waals surface area contributed by atoms with Gasteiger partial charge in [0.1, 0.15) is 0 Å². The first-order valence-corrected chi connectivity index (χ1v) is 9.65. The van der Waals surface area contributed by atoms with Crippen molar-refractivity contribution in [2.75, 3.05) is 18.2 Å². The molecule has 0 heterocycles. The molecule has 1 amide bonds. The van der Waals surface area contributed by atoms with E-state index in [0.717, 1.165) is 21.2 Å². The Morgan fingerprint density at radius 1 is 1.11 bits per heavy atom. The molecule has 0 bridgehead atoms. The van der Waals surface area contributed by atoms with Crippen LogP contribution in [0.4, 0.5) is 5.69 Å². The maximum absolute atomic E-state index is 12.4. The van der Waals surface area contributed by atoms with Crippen molar-refractivity contribution in [2.24, 2.45) is 0 Å². The summed E-state index contributed by atoms with van der Waals surface area (Å²) in [6, 6.07) is 16.7. The summed E-state index contributed by atoms with van der Waals surface area (Å²) in [6.07, 6.45) is 0. The van der Waals surface area contributed by atoms with E-state index >= 15 is 0 Å². The fraction of sp³-hybridized carbons (Fsp3) is 0.143. The van der Waals surface area contributed by atoms with Gasteiger partial charge in [-0.1, -0.05) is 41.9 Å². The van der Waals surface area contributed by atoms with Gasteiger partial charge in [0.05, 0.1) is 18.4 Å². The Balaban J connectivity index is 1.74. The number of carbonyl (C=O) groups is 2. The standard InChI is InChI=1S/C21H18ClNO3S/c1-13-9-10-15(21(25)26-2)11-17(13)23-19(24)12-27-18-8-4-6-14-5-3-7-16(22)20(14)18/h3-11H,12H2,1-2H3,(H,23,24). The number of carbonyl (C=O) groups excluding carboxylic acids is 2. The number of benzene rings is 3. The summed E-state index contributed by atoms with van der Waals surface area (Å²) in [4.78, 5) is 25.1. The summed E-state index contributed by atoms with van der Waals surface area (Å²) >= 11 is 7.76. The van der Waals surface area contributed by atoms with Gasteiger partial charge in [-0.2, -0.15) is 0 Å². The number of nitrogens with one attached hydrogen (secondary N) is 1. The molecule has 0 fully saturated rings. The molecule has 6 heteroatoms. The number of anilines is 1. The van der Waals surface area contributed by atoms with Crippen molar-refractivity contribution in [3.8, 4) is 0 Å². The van der Waals surface area contributed by atoms with E-state index in [0.29, 0.717) is 16.3 Å². The Hall–Kier alpha value is -2.50. The van der Waals surface area contributed by atoms with Crippen LogP contribution in [-0.4, -0.2) is 24.7 Å². The monoisotopic (exact) mass is 399 g/mol. The second-order valence-electron chi connectivity index (χ2n) is 5.95. The zero-order valence-corrected chi connectivity index (χ0v) is 16.5. The summed E-state index contributed by atoms with van der Waals surface area (Å²) in [5, 5.41) is 5.51. The first kappa shape index (κ1) is 19.3. The molecule has 0 saturated carbocycles. The third kappa shape index (κ3) is 4.43. The summed E-state index contributed by atoms with van der Waals surface area (Å²) in [6.45, 7) is 1.87. The van der Waals surface area contributed by atoms with Crippen molar-refractivity contribution in [1.29, 1.82) is 0 Å². The molecule has 0 spiro atoms. The number of amides is 1. The first-order chi connectivity index (χ1) is 13.0. The SMILES string of the molecule is COC(=O)c1ccc(C)c(NC(=O)CSc2cccc3cccc(Cl)c23)c1. The Kier molecular flexibility index (Phi) is 6.04. The quantitative estimate of drug-likeness (QED) is 0.466. The molecule has 3 aromatic carbocycles. The van der Waals surface area contributed by atoms with Crippen molar-refractivity contribution < 1.29 is 14.3 Å². The van der Waals surface area contributed by atoms with Crippen molar-refractivity contribution in [3.05, 3.63) is 70.7 Å². The van der Waals surface area contributed by atoms with E-state index < -0.39 is 5.97 Å². The first-order valence-electron chi connectivity index (χ1n) is 8.28. The molecular weight excluding hydrogens is 382 g/mol. The highest BCUT2D eigenvalue weighted by Gasteiger charge is 2.12. The Morgan fingerprint density at radius 2 is 1.85 bits per heavy atom. The Bertz CT molecular complexity index is 1010. The van der Waals surface area contributed by atoms with Gasteiger partial charge in [-0.3, -0.25) is 4.79 Å². The molecule has 3 rings (SSSR count). The lowest BCUT2D eigenvalue weighted by molar-refractivity contribution is -0.113. The van der Waals surface area contributed by atoms with Crippen LogP contribution in [0.15, 0.2) is 59.5 Å². The smallest absolute Gasteiger partial charge is 0.337 e. The van der Waals surface area contributed by atoms with Gasteiger partial charge in [-0.05, 0) is 42.1 Å². The number of aryl methyl sites for hydroxylation is 1. The van der Waals surface area contributed by atoms with Crippen LogP contribution in [-0.2, 0) is 9.53 Å². The molecule has 1 N–H and O–H groups in total. The summed E-state index contributed by atoms with van der Waals surface area (Å²) in [5.74, 6) is -0.369. The number of fused-ring (bicyclic) bond motifs is 1. The Morgan fingerprint density at radius 3 is 2.59 bits per heavy atom. The number of methoxy groups -OCH3 is 1. The molecule has 138 valence electrons. The fourth-order valence-corrected chi connectivity index (χ4v) is 3.96. The van der Waals surface area contributed by atoms with Crippen molar-refractivity contribution in [2.45, 2.75) is 11.8 Å². The number of rotatable bonds is 5. The lowest BCUT2D eigenvalue weighted by Gasteiger charge is -2.11.